The Morgan fingerprint density at radius 3 is 2.33 bits per heavy atom. The molecule has 2 nitrogen and oxygen atoms in total. The molecule has 0 bridgehead atoms. The van der Waals surface area contributed by atoms with Gasteiger partial charge in [-0.25, -0.2) is 4.98 Å². The van der Waals surface area contributed by atoms with Crippen molar-refractivity contribution >= 4 is 22.9 Å². The lowest BCUT2D eigenvalue weighted by Gasteiger charge is -2.07. The lowest BCUT2D eigenvalue weighted by molar-refractivity contribution is -0.137. The fraction of sp³-hybridized carbons (Fsp3) is 0.182. The minimum Gasteiger partial charge on any atom is -0.391 e. The summed E-state index contributed by atoms with van der Waals surface area (Å²) in [6.45, 7) is -0.249. The Morgan fingerprint density at radius 1 is 1.22 bits per heavy atom. The molecule has 0 radical (unpaired) electrons. The molecule has 0 spiro atoms. The van der Waals surface area contributed by atoms with Crippen molar-refractivity contribution in [1.29, 1.82) is 0 Å². The second-order valence-corrected chi connectivity index (χ2v) is 5.14. The van der Waals surface area contributed by atoms with E-state index in [2.05, 4.69) is 4.98 Å². The monoisotopic (exact) mass is 293 g/mol. The summed E-state index contributed by atoms with van der Waals surface area (Å²) in [5.74, 6) is 0. The number of aliphatic hydroxyl groups excluding tert-OH is 1. The molecule has 2 aromatic rings. The van der Waals surface area contributed by atoms with E-state index in [1.54, 1.807) is 0 Å². The Hall–Kier alpha value is -1.11. The van der Waals surface area contributed by atoms with Crippen molar-refractivity contribution in [1.82, 2.24) is 4.98 Å². The molecule has 0 fully saturated rings. The quantitative estimate of drug-likeness (QED) is 0.908. The van der Waals surface area contributed by atoms with Crippen LogP contribution in [0.4, 0.5) is 13.2 Å². The predicted molar refractivity (Wildman–Crippen MR) is 63.5 cm³/mol. The number of benzene rings is 1. The van der Waals surface area contributed by atoms with E-state index >= 15 is 0 Å². The third-order valence-corrected chi connectivity index (χ3v) is 3.45. The summed E-state index contributed by atoms with van der Waals surface area (Å²) < 4.78 is 37.4. The number of hydrogen-bond donors (Lipinski definition) is 1. The molecule has 1 aromatic heterocycles. The number of alkyl halides is 3. The Morgan fingerprint density at radius 2 is 1.83 bits per heavy atom. The maximum absolute atomic E-state index is 12.4. The first-order valence-electron chi connectivity index (χ1n) is 4.85. The number of hydrogen-bond acceptors (Lipinski definition) is 3. The zero-order chi connectivity index (χ0) is 13.3. The summed E-state index contributed by atoms with van der Waals surface area (Å²) >= 11 is 6.82. The number of thiazole rings is 1. The number of rotatable bonds is 2. The highest BCUT2D eigenvalue weighted by Crippen LogP contribution is 2.34. The summed E-state index contributed by atoms with van der Waals surface area (Å²) in [5, 5.41) is 9.11. The van der Waals surface area contributed by atoms with Gasteiger partial charge in [0.25, 0.3) is 0 Å². The molecular weight excluding hydrogens is 287 g/mol. The van der Waals surface area contributed by atoms with Gasteiger partial charge in [0.15, 0.2) is 4.47 Å². The van der Waals surface area contributed by atoms with Crippen molar-refractivity contribution in [3.8, 4) is 11.3 Å². The van der Waals surface area contributed by atoms with Gasteiger partial charge in [0.2, 0.25) is 0 Å². The van der Waals surface area contributed by atoms with E-state index in [4.69, 9.17) is 16.7 Å². The summed E-state index contributed by atoms with van der Waals surface area (Å²) in [4.78, 5) is 4.51. The van der Waals surface area contributed by atoms with E-state index in [9.17, 15) is 13.2 Å². The molecule has 0 aliphatic heterocycles. The van der Waals surface area contributed by atoms with E-state index in [1.165, 1.54) is 12.1 Å². The van der Waals surface area contributed by atoms with Gasteiger partial charge in [-0.1, -0.05) is 23.7 Å². The highest BCUT2D eigenvalue weighted by atomic mass is 35.5. The molecule has 0 atom stereocenters. The fourth-order valence-corrected chi connectivity index (χ4v) is 2.50. The van der Waals surface area contributed by atoms with Gasteiger partial charge < -0.3 is 5.11 Å². The molecule has 7 heteroatoms. The zero-order valence-electron chi connectivity index (χ0n) is 8.83. The van der Waals surface area contributed by atoms with Crippen molar-refractivity contribution in [2.45, 2.75) is 12.8 Å². The third kappa shape index (κ3) is 2.66. The lowest BCUT2D eigenvalue weighted by atomic mass is 10.1. The first-order chi connectivity index (χ1) is 8.41. The van der Waals surface area contributed by atoms with Gasteiger partial charge in [-0.2, -0.15) is 13.2 Å². The number of aromatic nitrogens is 1. The highest BCUT2D eigenvalue weighted by Gasteiger charge is 2.30. The Bertz CT molecular complexity index is 550. The van der Waals surface area contributed by atoms with Crippen molar-refractivity contribution < 1.29 is 18.3 Å². The molecule has 18 heavy (non-hydrogen) atoms. The highest BCUT2D eigenvalue weighted by molar-refractivity contribution is 7.16. The van der Waals surface area contributed by atoms with Crippen LogP contribution in [-0.4, -0.2) is 10.1 Å². The molecule has 1 N–H and O–H groups in total. The van der Waals surface area contributed by atoms with Crippen LogP contribution >= 0.6 is 22.9 Å². The number of aliphatic hydroxyl groups is 1. The van der Waals surface area contributed by atoms with Gasteiger partial charge in [0.1, 0.15) is 0 Å². The van der Waals surface area contributed by atoms with Crippen molar-refractivity contribution in [2.24, 2.45) is 0 Å². The Kier molecular flexibility index (Phi) is 3.61. The molecule has 1 heterocycles. The lowest BCUT2D eigenvalue weighted by Crippen LogP contribution is -2.04. The largest absolute Gasteiger partial charge is 0.416 e. The number of nitrogens with zero attached hydrogens (tertiary/aromatic N) is 1. The van der Waals surface area contributed by atoms with Crippen LogP contribution in [0.5, 0.6) is 0 Å². The van der Waals surface area contributed by atoms with Crippen LogP contribution in [0.2, 0.25) is 4.47 Å². The first kappa shape index (κ1) is 13.3. The van der Waals surface area contributed by atoms with Crippen LogP contribution in [0, 0.1) is 0 Å². The van der Waals surface area contributed by atoms with Gasteiger partial charge in [-0.05, 0) is 12.1 Å². The molecule has 96 valence electrons. The molecular formula is C11H7ClF3NOS. The van der Waals surface area contributed by atoms with Crippen LogP contribution < -0.4 is 0 Å². The van der Waals surface area contributed by atoms with Crippen LogP contribution in [0.1, 0.15) is 10.4 Å². The number of halogens is 4. The first-order valence-corrected chi connectivity index (χ1v) is 6.05. The van der Waals surface area contributed by atoms with Crippen LogP contribution in [0.3, 0.4) is 0 Å². The average molecular weight is 294 g/mol. The molecule has 0 unspecified atom stereocenters. The van der Waals surface area contributed by atoms with E-state index in [0.29, 0.717) is 16.1 Å². The summed E-state index contributed by atoms with van der Waals surface area (Å²) in [5.41, 5.74) is 0.189. The standard InChI is InChI=1S/C11H7ClF3NOS/c12-10-16-9(8(5-17)18-10)6-1-3-7(4-2-6)11(13,14)15/h1-4,17H,5H2. The maximum atomic E-state index is 12.4. The SMILES string of the molecule is OCc1sc(Cl)nc1-c1ccc(C(F)(F)F)cc1. The van der Waals surface area contributed by atoms with Gasteiger partial charge in [0.05, 0.1) is 22.7 Å². The molecule has 0 aliphatic rings. The summed E-state index contributed by atoms with van der Waals surface area (Å²) in [7, 11) is 0. The molecule has 0 aliphatic carbocycles. The van der Waals surface area contributed by atoms with Crippen LogP contribution in [0.25, 0.3) is 11.3 Å². The van der Waals surface area contributed by atoms with Gasteiger partial charge in [-0.3, -0.25) is 0 Å². The predicted octanol–water partition coefficient (Wildman–Crippen LogP) is 3.97. The molecule has 2 rings (SSSR count). The van der Waals surface area contributed by atoms with E-state index in [0.717, 1.165) is 23.5 Å². The topological polar surface area (TPSA) is 33.1 Å². The van der Waals surface area contributed by atoms with Crippen LogP contribution in [0.15, 0.2) is 24.3 Å². The molecule has 1 aromatic carbocycles. The minimum atomic E-state index is -4.36. The summed E-state index contributed by atoms with van der Waals surface area (Å²) in [6.07, 6.45) is -4.36. The van der Waals surface area contributed by atoms with E-state index < -0.39 is 11.7 Å². The van der Waals surface area contributed by atoms with Crippen molar-refractivity contribution in [2.75, 3.05) is 0 Å². The fourth-order valence-electron chi connectivity index (χ4n) is 1.47. The van der Waals surface area contributed by atoms with E-state index in [-0.39, 0.29) is 11.1 Å². The zero-order valence-corrected chi connectivity index (χ0v) is 10.4. The van der Waals surface area contributed by atoms with Crippen molar-refractivity contribution in [3.63, 3.8) is 0 Å². The molecule has 0 amide bonds. The second kappa shape index (κ2) is 4.87. The molecule has 0 saturated carbocycles. The Labute approximate surface area is 110 Å². The molecule has 0 saturated heterocycles. The van der Waals surface area contributed by atoms with Crippen molar-refractivity contribution in [3.05, 3.63) is 39.2 Å². The van der Waals surface area contributed by atoms with Gasteiger partial charge in [-0.15, -0.1) is 11.3 Å². The van der Waals surface area contributed by atoms with E-state index in [1.807, 2.05) is 0 Å². The second-order valence-electron chi connectivity index (χ2n) is 3.47. The van der Waals surface area contributed by atoms with Gasteiger partial charge >= 0.3 is 6.18 Å². The van der Waals surface area contributed by atoms with Crippen LogP contribution in [-0.2, 0) is 12.8 Å². The van der Waals surface area contributed by atoms with Gasteiger partial charge in [0, 0.05) is 5.56 Å². The maximum Gasteiger partial charge on any atom is 0.416 e. The normalized spacial score (nSPS) is 11.8. The minimum absolute atomic E-state index is 0.244. The average Bonchev–Trinajstić information content (AvgIpc) is 2.69. The summed E-state index contributed by atoms with van der Waals surface area (Å²) in [6, 6.07) is 4.58. The smallest absolute Gasteiger partial charge is 0.391 e. The Balaban J connectivity index is 2.40. The third-order valence-electron chi connectivity index (χ3n) is 2.30.